The van der Waals surface area contributed by atoms with E-state index >= 15 is 0 Å². The van der Waals surface area contributed by atoms with Gasteiger partial charge in [-0.05, 0) is 72.8 Å². The van der Waals surface area contributed by atoms with E-state index in [0.29, 0.717) is 15.7 Å². The topological polar surface area (TPSA) is 94.2 Å². The highest BCUT2D eigenvalue weighted by atomic mass is 35.5. The number of H-pyrrole nitrogens is 1. The fourth-order valence-electron chi connectivity index (χ4n) is 3.07. The Bertz CT molecular complexity index is 1290. The van der Waals surface area contributed by atoms with Crippen LogP contribution < -0.4 is 9.99 Å². The molecule has 0 aliphatic carbocycles. The first-order valence-corrected chi connectivity index (χ1v) is 11.4. The minimum atomic E-state index is -0.279. The molecule has 1 heterocycles. The Hall–Kier alpha value is -3.62. The molecular formula is C24H21ClN5O2S+. The number of rotatable bonds is 7. The zero-order valence-electron chi connectivity index (χ0n) is 17.7. The summed E-state index contributed by atoms with van der Waals surface area (Å²) in [4.78, 5) is 12.3. The molecular weight excluding hydrogens is 458 g/mol. The number of carbonyl (C=O) groups is 1. The number of aromatic nitrogens is 3. The summed E-state index contributed by atoms with van der Waals surface area (Å²) in [5, 5.41) is 22.2. The van der Waals surface area contributed by atoms with Crippen LogP contribution in [0.15, 0.2) is 83.1 Å². The van der Waals surface area contributed by atoms with Crippen LogP contribution >= 0.6 is 23.4 Å². The zero-order chi connectivity index (χ0) is 23.2. The number of benzene rings is 3. The van der Waals surface area contributed by atoms with E-state index in [4.69, 9.17) is 11.6 Å². The third kappa shape index (κ3) is 5.79. The molecule has 0 spiro atoms. The van der Waals surface area contributed by atoms with Gasteiger partial charge in [-0.1, -0.05) is 41.4 Å². The predicted molar refractivity (Wildman–Crippen MR) is 130 cm³/mol. The van der Waals surface area contributed by atoms with Gasteiger partial charge in [-0.3, -0.25) is 4.79 Å². The highest BCUT2D eigenvalue weighted by Gasteiger charge is 2.24. The number of phenolic OH excluding ortho intramolecular Hbond substituents is 1. The number of hydrogen-bond donors (Lipinski definition) is 3. The number of hydrogen-bond acceptors (Lipinski definition) is 5. The molecule has 0 unspecified atom stereocenters. The van der Waals surface area contributed by atoms with Gasteiger partial charge in [0.25, 0.3) is 11.7 Å². The molecule has 0 aliphatic rings. The molecule has 0 radical (unpaired) electrons. The molecule has 1 amide bonds. The van der Waals surface area contributed by atoms with E-state index in [2.05, 4.69) is 20.7 Å². The molecule has 4 aromatic rings. The quantitative estimate of drug-likeness (QED) is 0.160. The number of aromatic amines is 1. The fraction of sp³-hybridized carbons (Fsp3) is 0.0833. The van der Waals surface area contributed by atoms with Crippen molar-refractivity contribution in [1.29, 1.82) is 0 Å². The lowest BCUT2D eigenvalue weighted by molar-refractivity contribution is -0.625. The van der Waals surface area contributed by atoms with Crippen molar-refractivity contribution in [3.63, 3.8) is 0 Å². The van der Waals surface area contributed by atoms with Crippen LogP contribution in [0, 0.1) is 6.92 Å². The number of aromatic hydroxyl groups is 1. The Labute approximate surface area is 200 Å². The third-order valence-corrected chi connectivity index (χ3v) is 5.88. The lowest BCUT2D eigenvalue weighted by Crippen LogP contribution is -2.34. The van der Waals surface area contributed by atoms with E-state index in [1.807, 2.05) is 60.0 Å². The molecule has 9 heteroatoms. The number of aryl methyl sites for hydroxylation is 1. The average molecular weight is 479 g/mol. The molecule has 7 nitrogen and oxygen atoms in total. The summed E-state index contributed by atoms with van der Waals surface area (Å²) in [6, 6.07) is 22.1. The molecule has 1 aromatic heterocycles. The van der Waals surface area contributed by atoms with Crippen LogP contribution in [0.3, 0.4) is 0 Å². The Kier molecular flexibility index (Phi) is 7.07. The summed E-state index contributed by atoms with van der Waals surface area (Å²) in [5.74, 6) is 0.764. The fourth-order valence-corrected chi connectivity index (χ4v) is 3.96. The van der Waals surface area contributed by atoms with Crippen LogP contribution in [0.25, 0.3) is 17.1 Å². The number of carbonyl (C=O) groups excluding carboxylic acids is 1. The smallest absolute Gasteiger partial charge is 0.342 e. The van der Waals surface area contributed by atoms with Crippen molar-refractivity contribution in [3.8, 4) is 22.8 Å². The van der Waals surface area contributed by atoms with E-state index in [1.54, 1.807) is 24.3 Å². The van der Waals surface area contributed by atoms with Gasteiger partial charge in [0.05, 0.1) is 22.6 Å². The Morgan fingerprint density at radius 2 is 1.94 bits per heavy atom. The average Bonchev–Trinajstić information content (AvgIpc) is 3.23. The summed E-state index contributed by atoms with van der Waals surface area (Å²) in [6.07, 6.45) is 1.47. The second kappa shape index (κ2) is 10.3. The van der Waals surface area contributed by atoms with Gasteiger partial charge < -0.3 is 5.11 Å². The van der Waals surface area contributed by atoms with Crippen LogP contribution in [0.2, 0.25) is 5.02 Å². The van der Waals surface area contributed by atoms with Crippen molar-refractivity contribution in [3.05, 3.63) is 88.9 Å². The summed E-state index contributed by atoms with van der Waals surface area (Å²) in [7, 11) is 0. The van der Waals surface area contributed by atoms with E-state index in [9.17, 15) is 9.90 Å². The molecule has 3 aromatic carbocycles. The summed E-state index contributed by atoms with van der Waals surface area (Å²) >= 11 is 7.36. The number of phenols is 1. The molecule has 4 rings (SSSR count). The summed E-state index contributed by atoms with van der Waals surface area (Å²) in [6.45, 7) is 2.03. The molecule has 0 saturated carbocycles. The van der Waals surface area contributed by atoms with Crippen molar-refractivity contribution in [2.45, 2.75) is 12.1 Å². The van der Waals surface area contributed by atoms with Gasteiger partial charge in [0.1, 0.15) is 11.4 Å². The highest BCUT2D eigenvalue weighted by molar-refractivity contribution is 7.99. The van der Waals surface area contributed by atoms with Crippen molar-refractivity contribution in [2.75, 3.05) is 5.75 Å². The van der Waals surface area contributed by atoms with Gasteiger partial charge in [0.2, 0.25) is 0 Å². The van der Waals surface area contributed by atoms with Gasteiger partial charge in [-0.25, -0.2) is 5.43 Å². The minimum absolute atomic E-state index is 0.114. The predicted octanol–water partition coefficient (Wildman–Crippen LogP) is 4.26. The van der Waals surface area contributed by atoms with Crippen LogP contribution in [0.1, 0.15) is 11.1 Å². The molecule has 0 saturated heterocycles. The number of nitrogens with one attached hydrogen (secondary N) is 2. The molecule has 0 fully saturated rings. The minimum Gasteiger partial charge on any atom is -0.508 e. The summed E-state index contributed by atoms with van der Waals surface area (Å²) < 4.78 is 1.95. The molecule has 166 valence electrons. The van der Waals surface area contributed by atoms with Crippen LogP contribution in [0.5, 0.6) is 5.75 Å². The van der Waals surface area contributed by atoms with Crippen molar-refractivity contribution >= 4 is 35.5 Å². The molecule has 0 bridgehead atoms. The van der Waals surface area contributed by atoms with Gasteiger partial charge in [-0.15, -0.1) is 5.10 Å². The Morgan fingerprint density at radius 3 is 2.67 bits per heavy atom. The van der Waals surface area contributed by atoms with Crippen molar-refractivity contribution in [1.82, 2.24) is 15.6 Å². The number of nitrogens with zero attached hydrogens (tertiary/aromatic N) is 3. The number of halogens is 1. The van der Waals surface area contributed by atoms with Crippen LogP contribution in [-0.4, -0.2) is 33.2 Å². The maximum atomic E-state index is 12.3. The van der Waals surface area contributed by atoms with Gasteiger partial charge in [-0.2, -0.15) is 9.67 Å². The first-order chi connectivity index (χ1) is 16.0. The maximum absolute atomic E-state index is 12.3. The number of hydrazone groups is 1. The van der Waals surface area contributed by atoms with Gasteiger partial charge >= 0.3 is 5.16 Å². The first-order valence-electron chi connectivity index (χ1n) is 10.1. The van der Waals surface area contributed by atoms with E-state index in [1.165, 1.54) is 18.0 Å². The Morgan fingerprint density at radius 1 is 1.18 bits per heavy atom. The van der Waals surface area contributed by atoms with Crippen LogP contribution in [-0.2, 0) is 4.79 Å². The lowest BCUT2D eigenvalue weighted by atomic mass is 10.1. The molecule has 0 atom stereocenters. The summed E-state index contributed by atoms with van der Waals surface area (Å²) in [5.41, 5.74) is 6.17. The largest absolute Gasteiger partial charge is 0.508 e. The van der Waals surface area contributed by atoms with Gasteiger partial charge in [0.15, 0.2) is 0 Å². The third-order valence-electron chi connectivity index (χ3n) is 4.69. The Balaban J connectivity index is 1.51. The van der Waals surface area contributed by atoms with E-state index in [-0.39, 0.29) is 17.4 Å². The highest BCUT2D eigenvalue weighted by Crippen LogP contribution is 2.21. The van der Waals surface area contributed by atoms with E-state index < -0.39 is 0 Å². The van der Waals surface area contributed by atoms with Crippen LogP contribution in [0.4, 0.5) is 0 Å². The SMILES string of the molecule is Cc1ccc(-c2[nH]nc(SCC(=O)N/N=C/c3cccc(O)c3)[n+]2-c2ccc(Cl)cc2)cc1. The maximum Gasteiger partial charge on any atom is 0.342 e. The molecule has 0 aliphatic heterocycles. The zero-order valence-corrected chi connectivity index (χ0v) is 19.3. The molecule has 3 N–H and O–H groups in total. The second-order valence-electron chi connectivity index (χ2n) is 7.21. The molecule has 33 heavy (non-hydrogen) atoms. The number of thioether (sulfide) groups is 1. The van der Waals surface area contributed by atoms with Gasteiger partial charge in [0, 0.05) is 5.02 Å². The monoisotopic (exact) mass is 478 g/mol. The second-order valence-corrected chi connectivity index (χ2v) is 8.59. The standard InChI is InChI=1S/C24H20ClN5O2S/c1-16-5-7-18(8-6-16)23-28-29-24(30(23)20-11-9-19(25)10-12-20)33-15-22(32)27-26-14-17-3-2-4-21(31)13-17/h2-14H,15H2,1H3,(H2,27,31,32)/p+1/b26-14+. The lowest BCUT2D eigenvalue weighted by Gasteiger charge is -2.05. The van der Waals surface area contributed by atoms with Crippen molar-refractivity contribution < 1.29 is 14.5 Å². The first kappa shape index (κ1) is 22.6. The van der Waals surface area contributed by atoms with E-state index in [0.717, 1.165) is 22.6 Å². The normalized spacial score (nSPS) is 11.1. The van der Waals surface area contributed by atoms with Crippen molar-refractivity contribution in [2.24, 2.45) is 5.10 Å². The number of amides is 1.